The van der Waals surface area contributed by atoms with Crippen LogP contribution < -0.4 is 15.8 Å². The number of benzene rings is 1. The van der Waals surface area contributed by atoms with Crippen LogP contribution in [0.4, 0.5) is 11.8 Å². The monoisotopic (exact) mass is 308 g/mol. The van der Waals surface area contributed by atoms with Gasteiger partial charge in [0.1, 0.15) is 11.6 Å². The van der Waals surface area contributed by atoms with Gasteiger partial charge >= 0.3 is 0 Å². The lowest BCUT2D eigenvalue weighted by atomic mass is 10.2. The number of methoxy groups -OCH3 is 1. The van der Waals surface area contributed by atoms with Crippen molar-refractivity contribution in [1.82, 2.24) is 9.97 Å². The first-order valence-electron chi connectivity index (χ1n) is 5.34. The zero-order valence-corrected chi connectivity index (χ0v) is 11.4. The highest BCUT2D eigenvalue weighted by molar-refractivity contribution is 9.10. The van der Waals surface area contributed by atoms with Crippen molar-refractivity contribution in [2.45, 2.75) is 6.54 Å². The van der Waals surface area contributed by atoms with Gasteiger partial charge in [-0.2, -0.15) is 4.98 Å². The molecule has 0 saturated heterocycles. The molecule has 0 spiro atoms. The lowest BCUT2D eigenvalue weighted by Crippen LogP contribution is -2.06. The van der Waals surface area contributed by atoms with Crippen LogP contribution >= 0.6 is 15.9 Å². The van der Waals surface area contributed by atoms with E-state index in [4.69, 9.17) is 10.5 Å². The number of halogens is 1. The summed E-state index contributed by atoms with van der Waals surface area (Å²) in [5.41, 5.74) is 6.72. The molecule has 1 aromatic carbocycles. The van der Waals surface area contributed by atoms with E-state index in [9.17, 15) is 0 Å². The van der Waals surface area contributed by atoms with Crippen molar-refractivity contribution in [3.05, 3.63) is 40.5 Å². The molecule has 2 aromatic rings. The average molecular weight is 309 g/mol. The van der Waals surface area contributed by atoms with Crippen LogP contribution in [0, 0.1) is 0 Å². The Bertz CT molecular complexity index is 547. The van der Waals surface area contributed by atoms with Crippen molar-refractivity contribution in [3.63, 3.8) is 0 Å². The topological polar surface area (TPSA) is 73.1 Å². The molecule has 18 heavy (non-hydrogen) atoms. The molecule has 94 valence electrons. The molecule has 0 atom stereocenters. The Kier molecular flexibility index (Phi) is 3.99. The van der Waals surface area contributed by atoms with Crippen molar-refractivity contribution < 1.29 is 4.74 Å². The second kappa shape index (κ2) is 5.68. The maximum absolute atomic E-state index is 5.68. The number of nitrogens with two attached hydrogens (primary N) is 1. The fraction of sp³-hybridized carbons (Fsp3) is 0.167. The minimum Gasteiger partial charge on any atom is -0.496 e. The zero-order valence-electron chi connectivity index (χ0n) is 9.85. The number of ether oxygens (including phenoxy) is 1. The fourth-order valence-corrected chi connectivity index (χ4v) is 1.68. The molecule has 3 N–H and O–H groups in total. The maximum atomic E-state index is 5.68. The lowest BCUT2D eigenvalue weighted by molar-refractivity contribution is 0.410. The molecule has 1 heterocycles. The first-order valence-corrected chi connectivity index (χ1v) is 6.14. The van der Waals surface area contributed by atoms with E-state index in [1.165, 1.54) is 0 Å². The molecule has 0 amide bonds. The van der Waals surface area contributed by atoms with Gasteiger partial charge in [0.05, 0.1) is 11.6 Å². The fourth-order valence-electron chi connectivity index (χ4n) is 1.49. The van der Waals surface area contributed by atoms with Gasteiger partial charge in [-0.05, 0) is 22.0 Å². The Balaban J connectivity index is 2.09. The van der Waals surface area contributed by atoms with Crippen molar-refractivity contribution in [2.75, 3.05) is 18.2 Å². The number of aromatic nitrogens is 2. The minimum atomic E-state index is 0.410. The Morgan fingerprint density at radius 2 is 2.17 bits per heavy atom. The Labute approximate surface area is 114 Å². The molecule has 0 saturated carbocycles. The van der Waals surface area contributed by atoms with Crippen LogP contribution in [0.25, 0.3) is 0 Å². The quantitative estimate of drug-likeness (QED) is 0.907. The van der Waals surface area contributed by atoms with Crippen molar-refractivity contribution in [2.24, 2.45) is 0 Å². The predicted octanol–water partition coefficient (Wildman–Crippen LogP) is 2.44. The van der Waals surface area contributed by atoms with Crippen LogP contribution in [-0.4, -0.2) is 17.1 Å². The van der Waals surface area contributed by atoms with Crippen molar-refractivity contribution in [1.29, 1.82) is 0 Å². The molecule has 0 fully saturated rings. The summed E-state index contributed by atoms with van der Waals surface area (Å²) in [6, 6.07) is 7.77. The number of nitrogens with one attached hydrogen (secondary N) is 1. The molecule has 6 heteroatoms. The van der Waals surface area contributed by atoms with E-state index in [1.54, 1.807) is 13.3 Å². The number of rotatable bonds is 4. The van der Waals surface area contributed by atoms with Gasteiger partial charge in [0.25, 0.3) is 0 Å². The molecule has 0 radical (unpaired) electrons. The van der Waals surface area contributed by atoms with E-state index in [-0.39, 0.29) is 0 Å². The van der Waals surface area contributed by atoms with Crippen molar-refractivity contribution >= 4 is 27.7 Å². The molecule has 2 rings (SSSR count). The zero-order chi connectivity index (χ0) is 13.0. The summed E-state index contributed by atoms with van der Waals surface area (Å²) in [6.45, 7) is 0.574. The molecular formula is C12H13BrN4O. The van der Waals surface area contributed by atoms with Gasteiger partial charge in [-0.25, -0.2) is 4.98 Å². The van der Waals surface area contributed by atoms with Crippen LogP contribution in [0.15, 0.2) is 34.9 Å². The van der Waals surface area contributed by atoms with Crippen LogP contribution in [0.5, 0.6) is 5.75 Å². The van der Waals surface area contributed by atoms with E-state index in [0.29, 0.717) is 22.8 Å². The summed E-state index contributed by atoms with van der Waals surface area (Å²) in [5.74, 6) is 1.73. The smallest absolute Gasteiger partial charge is 0.224 e. The van der Waals surface area contributed by atoms with E-state index < -0.39 is 0 Å². The maximum Gasteiger partial charge on any atom is 0.224 e. The predicted molar refractivity (Wildman–Crippen MR) is 74.5 cm³/mol. The number of nitrogens with zero attached hydrogens (tertiary/aromatic N) is 2. The van der Waals surface area contributed by atoms with Crippen LogP contribution in [0.2, 0.25) is 0 Å². The van der Waals surface area contributed by atoms with Crippen LogP contribution in [0.1, 0.15) is 5.56 Å². The molecule has 0 aliphatic heterocycles. The number of hydrogen-bond donors (Lipinski definition) is 2. The first-order chi connectivity index (χ1) is 8.70. The summed E-state index contributed by atoms with van der Waals surface area (Å²) < 4.78 is 5.95. The largest absolute Gasteiger partial charge is 0.496 e. The summed E-state index contributed by atoms with van der Waals surface area (Å²) in [6.07, 6.45) is 1.62. The third-order valence-electron chi connectivity index (χ3n) is 2.40. The SMILES string of the molecule is COc1ccccc1CNc1ncc(Br)c(N)n1. The van der Waals surface area contributed by atoms with Crippen molar-refractivity contribution in [3.8, 4) is 5.75 Å². The summed E-state index contributed by atoms with van der Waals surface area (Å²) in [7, 11) is 1.65. The van der Waals surface area contributed by atoms with E-state index in [1.807, 2.05) is 24.3 Å². The van der Waals surface area contributed by atoms with Gasteiger partial charge in [-0.15, -0.1) is 0 Å². The second-order valence-electron chi connectivity index (χ2n) is 3.59. The number of anilines is 2. The van der Waals surface area contributed by atoms with Gasteiger partial charge in [-0.1, -0.05) is 18.2 Å². The number of nitrogen functional groups attached to an aromatic ring is 1. The van der Waals surface area contributed by atoms with Gasteiger partial charge in [-0.3, -0.25) is 0 Å². The van der Waals surface area contributed by atoms with E-state index >= 15 is 0 Å². The highest BCUT2D eigenvalue weighted by Crippen LogP contribution is 2.19. The third-order valence-corrected chi connectivity index (χ3v) is 3.01. The molecule has 1 aromatic heterocycles. The van der Waals surface area contributed by atoms with Gasteiger partial charge in [0.2, 0.25) is 5.95 Å². The first kappa shape index (κ1) is 12.6. The van der Waals surface area contributed by atoms with Gasteiger partial charge < -0.3 is 15.8 Å². The molecular weight excluding hydrogens is 296 g/mol. The van der Waals surface area contributed by atoms with Crippen LogP contribution in [-0.2, 0) is 6.54 Å². The summed E-state index contributed by atoms with van der Waals surface area (Å²) in [5, 5.41) is 3.10. The van der Waals surface area contributed by atoms with Crippen LogP contribution in [0.3, 0.4) is 0 Å². The number of para-hydroxylation sites is 1. The molecule has 0 unspecified atom stereocenters. The van der Waals surface area contributed by atoms with Gasteiger partial charge in [0, 0.05) is 18.3 Å². The Morgan fingerprint density at radius 3 is 2.89 bits per heavy atom. The highest BCUT2D eigenvalue weighted by Gasteiger charge is 2.04. The Hall–Kier alpha value is -1.82. The normalized spacial score (nSPS) is 10.1. The van der Waals surface area contributed by atoms with Gasteiger partial charge in [0.15, 0.2) is 0 Å². The molecule has 5 nitrogen and oxygen atoms in total. The standard InChI is InChI=1S/C12H13BrN4O/c1-18-10-5-3-2-4-8(10)6-15-12-16-7-9(13)11(14)17-12/h2-5,7H,6H2,1H3,(H3,14,15,16,17). The minimum absolute atomic E-state index is 0.410. The van der Waals surface area contributed by atoms with E-state index in [0.717, 1.165) is 11.3 Å². The third kappa shape index (κ3) is 2.89. The molecule has 0 aliphatic rings. The molecule has 0 bridgehead atoms. The van der Waals surface area contributed by atoms with E-state index in [2.05, 4.69) is 31.2 Å². The molecule has 0 aliphatic carbocycles. The summed E-state index contributed by atoms with van der Waals surface area (Å²) in [4.78, 5) is 8.23. The summed E-state index contributed by atoms with van der Waals surface area (Å²) >= 11 is 3.25. The Morgan fingerprint density at radius 1 is 1.39 bits per heavy atom. The second-order valence-corrected chi connectivity index (χ2v) is 4.45. The highest BCUT2D eigenvalue weighted by atomic mass is 79.9. The number of hydrogen-bond acceptors (Lipinski definition) is 5. The lowest BCUT2D eigenvalue weighted by Gasteiger charge is -2.09. The average Bonchev–Trinajstić information content (AvgIpc) is 2.40.